The maximum absolute atomic E-state index is 12.4. The van der Waals surface area contributed by atoms with E-state index in [-0.39, 0.29) is 30.2 Å². The number of benzene rings is 1. The number of rotatable bonds is 6. The van der Waals surface area contributed by atoms with Gasteiger partial charge in [-0.05, 0) is 24.6 Å². The number of nitrogens with zero attached hydrogens (tertiary/aromatic N) is 1. The molecule has 6 heteroatoms. The molecule has 0 unspecified atom stereocenters. The molecule has 0 aromatic heterocycles. The van der Waals surface area contributed by atoms with E-state index in [2.05, 4.69) is 5.32 Å². The fraction of sp³-hybridized carbons (Fsp3) is 0.500. The number of carbonyl (C=O) groups excluding carboxylic acids is 2. The van der Waals surface area contributed by atoms with E-state index in [0.29, 0.717) is 24.7 Å². The van der Waals surface area contributed by atoms with Gasteiger partial charge in [0.1, 0.15) is 0 Å². The molecule has 1 aliphatic rings. The molecule has 22 heavy (non-hydrogen) atoms. The van der Waals surface area contributed by atoms with E-state index >= 15 is 0 Å². The highest BCUT2D eigenvalue weighted by molar-refractivity contribution is 6.30. The summed E-state index contributed by atoms with van der Waals surface area (Å²) < 4.78 is 5.19. The molecule has 0 radical (unpaired) electrons. The molecule has 2 atom stereocenters. The van der Waals surface area contributed by atoms with Crippen molar-refractivity contribution < 1.29 is 14.3 Å². The molecule has 0 saturated carbocycles. The van der Waals surface area contributed by atoms with Gasteiger partial charge in [0.05, 0.1) is 18.6 Å². The van der Waals surface area contributed by atoms with E-state index in [4.69, 9.17) is 16.3 Å². The second kappa shape index (κ2) is 7.61. The van der Waals surface area contributed by atoms with Crippen LogP contribution in [0.2, 0.25) is 5.02 Å². The fourth-order valence-electron chi connectivity index (χ4n) is 2.63. The zero-order valence-electron chi connectivity index (χ0n) is 12.8. The zero-order chi connectivity index (χ0) is 16.1. The van der Waals surface area contributed by atoms with Crippen molar-refractivity contribution in [3.63, 3.8) is 0 Å². The molecule has 1 aromatic rings. The first-order valence-corrected chi connectivity index (χ1v) is 7.75. The lowest BCUT2D eigenvalue weighted by molar-refractivity contribution is -0.129. The third kappa shape index (κ3) is 3.99. The Kier molecular flexibility index (Phi) is 5.80. The van der Waals surface area contributed by atoms with Crippen LogP contribution in [-0.4, -0.2) is 43.5 Å². The normalized spacial score (nSPS) is 19.3. The quantitative estimate of drug-likeness (QED) is 0.871. The SMILES string of the molecule is CCN1C[C@H](C(=O)N[C@@H](COC)c2ccc(Cl)cc2)CC1=O. The molecule has 0 aliphatic carbocycles. The highest BCUT2D eigenvalue weighted by Gasteiger charge is 2.34. The number of amides is 2. The molecule has 1 saturated heterocycles. The summed E-state index contributed by atoms with van der Waals surface area (Å²) in [6.45, 7) is 3.41. The third-order valence-corrected chi connectivity index (χ3v) is 4.14. The highest BCUT2D eigenvalue weighted by Crippen LogP contribution is 2.21. The lowest BCUT2D eigenvalue weighted by atomic mass is 10.0. The minimum absolute atomic E-state index is 0.0393. The van der Waals surface area contributed by atoms with Gasteiger partial charge in [-0.1, -0.05) is 23.7 Å². The average Bonchev–Trinajstić information content (AvgIpc) is 2.89. The Morgan fingerprint density at radius 1 is 1.45 bits per heavy atom. The van der Waals surface area contributed by atoms with Crippen LogP contribution in [0.25, 0.3) is 0 Å². The van der Waals surface area contributed by atoms with Crippen molar-refractivity contribution in [1.29, 1.82) is 0 Å². The Balaban J connectivity index is 2.03. The van der Waals surface area contributed by atoms with Crippen LogP contribution in [0.5, 0.6) is 0 Å². The smallest absolute Gasteiger partial charge is 0.225 e. The fourth-order valence-corrected chi connectivity index (χ4v) is 2.75. The van der Waals surface area contributed by atoms with Gasteiger partial charge in [0, 0.05) is 31.6 Å². The van der Waals surface area contributed by atoms with E-state index in [9.17, 15) is 9.59 Å². The van der Waals surface area contributed by atoms with E-state index < -0.39 is 0 Å². The minimum atomic E-state index is -0.292. The van der Waals surface area contributed by atoms with Gasteiger partial charge in [-0.15, -0.1) is 0 Å². The predicted octanol–water partition coefficient (Wildman–Crippen LogP) is 2.01. The Morgan fingerprint density at radius 2 is 2.14 bits per heavy atom. The van der Waals surface area contributed by atoms with Crippen molar-refractivity contribution in [2.75, 3.05) is 26.8 Å². The van der Waals surface area contributed by atoms with Crippen LogP contribution < -0.4 is 5.32 Å². The Morgan fingerprint density at radius 3 is 2.68 bits per heavy atom. The zero-order valence-corrected chi connectivity index (χ0v) is 13.6. The van der Waals surface area contributed by atoms with Crippen molar-refractivity contribution in [1.82, 2.24) is 10.2 Å². The van der Waals surface area contributed by atoms with Crippen molar-refractivity contribution in [2.24, 2.45) is 5.92 Å². The van der Waals surface area contributed by atoms with Crippen LogP contribution in [0.15, 0.2) is 24.3 Å². The average molecular weight is 325 g/mol. The van der Waals surface area contributed by atoms with Crippen molar-refractivity contribution in [2.45, 2.75) is 19.4 Å². The van der Waals surface area contributed by atoms with Gasteiger partial charge in [-0.25, -0.2) is 0 Å². The number of methoxy groups -OCH3 is 1. The van der Waals surface area contributed by atoms with Crippen LogP contribution in [0.3, 0.4) is 0 Å². The van der Waals surface area contributed by atoms with Crippen LogP contribution in [0.4, 0.5) is 0 Å². The first kappa shape index (κ1) is 16.8. The van der Waals surface area contributed by atoms with Gasteiger partial charge in [0.2, 0.25) is 11.8 Å². The monoisotopic (exact) mass is 324 g/mol. The summed E-state index contributed by atoms with van der Waals surface area (Å²) in [7, 11) is 1.59. The molecule has 5 nitrogen and oxygen atoms in total. The molecule has 1 N–H and O–H groups in total. The van der Waals surface area contributed by atoms with Crippen LogP contribution in [0, 0.1) is 5.92 Å². The number of halogens is 1. The summed E-state index contributed by atoms with van der Waals surface area (Å²) in [6.07, 6.45) is 0.278. The lowest BCUT2D eigenvalue weighted by Gasteiger charge is -2.21. The second-order valence-electron chi connectivity index (χ2n) is 5.40. The van der Waals surface area contributed by atoms with E-state index in [1.165, 1.54) is 0 Å². The molecule has 2 rings (SSSR count). The van der Waals surface area contributed by atoms with Gasteiger partial charge >= 0.3 is 0 Å². The van der Waals surface area contributed by atoms with E-state index in [1.807, 2.05) is 19.1 Å². The molecule has 2 amide bonds. The van der Waals surface area contributed by atoms with E-state index in [0.717, 1.165) is 5.56 Å². The number of likely N-dealkylation sites (tertiary alicyclic amines) is 1. The van der Waals surface area contributed by atoms with Crippen molar-refractivity contribution in [3.8, 4) is 0 Å². The molecule has 1 aliphatic heterocycles. The molecule has 120 valence electrons. The van der Waals surface area contributed by atoms with Gasteiger partial charge in [-0.3, -0.25) is 9.59 Å². The van der Waals surface area contributed by atoms with Gasteiger partial charge in [-0.2, -0.15) is 0 Å². The third-order valence-electron chi connectivity index (χ3n) is 3.89. The van der Waals surface area contributed by atoms with Crippen LogP contribution in [-0.2, 0) is 14.3 Å². The summed E-state index contributed by atoms with van der Waals surface area (Å²) in [5.41, 5.74) is 0.927. The second-order valence-corrected chi connectivity index (χ2v) is 5.84. The number of hydrogen-bond donors (Lipinski definition) is 1. The Hall–Kier alpha value is -1.59. The summed E-state index contributed by atoms with van der Waals surface area (Å²) in [4.78, 5) is 25.9. The molecular formula is C16H21ClN2O3. The maximum Gasteiger partial charge on any atom is 0.225 e. The summed E-state index contributed by atoms with van der Waals surface area (Å²) >= 11 is 5.89. The summed E-state index contributed by atoms with van der Waals surface area (Å²) in [5, 5.41) is 3.62. The largest absolute Gasteiger partial charge is 0.382 e. The van der Waals surface area contributed by atoms with Crippen molar-refractivity contribution >= 4 is 23.4 Å². The highest BCUT2D eigenvalue weighted by atomic mass is 35.5. The molecule has 1 fully saturated rings. The number of nitrogens with one attached hydrogen (secondary N) is 1. The van der Waals surface area contributed by atoms with Gasteiger partial charge in [0.15, 0.2) is 0 Å². The standard InChI is InChI=1S/C16H21ClN2O3/c1-3-19-9-12(8-15(19)20)16(21)18-14(10-22-2)11-4-6-13(17)7-5-11/h4-7,12,14H,3,8-10H2,1-2H3,(H,18,21)/t12-,14+/m1/s1. The van der Waals surface area contributed by atoms with Crippen LogP contribution in [0.1, 0.15) is 24.9 Å². The molecule has 1 heterocycles. The van der Waals surface area contributed by atoms with Crippen molar-refractivity contribution in [3.05, 3.63) is 34.9 Å². The maximum atomic E-state index is 12.4. The summed E-state index contributed by atoms with van der Waals surface area (Å²) in [6, 6.07) is 7.04. The first-order chi connectivity index (χ1) is 10.5. The topological polar surface area (TPSA) is 58.6 Å². The predicted molar refractivity (Wildman–Crippen MR) is 84.6 cm³/mol. The molecule has 1 aromatic carbocycles. The van der Waals surface area contributed by atoms with Gasteiger partial charge in [0.25, 0.3) is 0 Å². The first-order valence-electron chi connectivity index (χ1n) is 7.37. The molecule has 0 bridgehead atoms. The van der Waals surface area contributed by atoms with Gasteiger partial charge < -0.3 is 15.0 Å². The lowest BCUT2D eigenvalue weighted by Crippen LogP contribution is -2.37. The Labute approximate surface area is 135 Å². The number of hydrogen-bond acceptors (Lipinski definition) is 3. The summed E-state index contributed by atoms with van der Waals surface area (Å²) in [5.74, 6) is -0.363. The number of carbonyl (C=O) groups is 2. The Bertz CT molecular complexity index is 533. The minimum Gasteiger partial charge on any atom is -0.382 e. The molecule has 0 spiro atoms. The molecular weight excluding hydrogens is 304 g/mol. The van der Waals surface area contributed by atoms with E-state index in [1.54, 1.807) is 24.1 Å². The number of ether oxygens (including phenoxy) is 1. The van der Waals surface area contributed by atoms with Crippen LogP contribution >= 0.6 is 11.6 Å².